The number of carbonyl (C=O) groups excluding carboxylic acids is 3. The Morgan fingerprint density at radius 2 is 1.76 bits per heavy atom. The number of nitrogens with zero attached hydrogens (tertiary/aromatic N) is 1. The predicted octanol–water partition coefficient (Wildman–Crippen LogP) is 3.09. The molecular formula is C23H27N3O6S. The number of methoxy groups -OCH3 is 1. The molecule has 3 rings (SSSR count). The monoisotopic (exact) mass is 473 g/mol. The molecule has 1 aliphatic rings. The molecule has 0 aromatic heterocycles. The summed E-state index contributed by atoms with van der Waals surface area (Å²) < 4.78 is 28.9. The van der Waals surface area contributed by atoms with Gasteiger partial charge in [-0.15, -0.1) is 0 Å². The topological polar surface area (TPSA) is 122 Å². The van der Waals surface area contributed by atoms with Crippen molar-refractivity contribution in [1.29, 1.82) is 0 Å². The van der Waals surface area contributed by atoms with Gasteiger partial charge in [0, 0.05) is 36.2 Å². The number of urea groups is 1. The molecule has 4 amide bonds. The van der Waals surface area contributed by atoms with E-state index in [1.165, 1.54) is 36.3 Å². The van der Waals surface area contributed by atoms with Crippen LogP contribution in [0.5, 0.6) is 5.75 Å². The molecule has 1 fully saturated rings. The third-order valence-corrected chi connectivity index (χ3v) is 6.36. The van der Waals surface area contributed by atoms with E-state index in [1.54, 1.807) is 12.1 Å². The Hall–Kier alpha value is -3.40. The number of anilines is 2. The first-order valence-electron chi connectivity index (χ1n) is 10.3. The van der Waals surface area contributed by atoms with Crippen molar-refractivity contribution in [3.63, 3.8) is 0 Å². The molecule has 2 aromatic rings. The molecular weight excluding hydrogens is 446 g/mol. The van der Waals surface area contributed by atoms with Gasteiger partial charge in [0.1, 0.15) is 5.75 Å². The number of rotatable bonds is 5. The molecule has 1 saturated heterocycles. The number of hydrogen-bond donors (Lipinski definition) is 2. The number of sulfone groups is 1. The van der Waals surface area contributed by atoms with Gasteiger partial charge >= 0.3 is 6.03 Å². The fourth-order valence-electron chi connectivity index (χ4n) is 3.51. The summed E-state index contributed by atoms with van der Waals surface area (Å²) in [5.41, 5.74) is 1.36. The third kappa shape index (κ3) is 5.33. The molecule has 0 spiro atoms. The van der Waals surface area contributed by atoms with Crippen molar-refractivity contribution in [3.8, 4) is 5.75 Å². The number of benzene rings is 2. The molecule has 176 valence electrons. The van der Waals surface area contributed by atoms with Gasteiger partial charge in [-0.2, -0.15) is 0 Å². The van der Waals surface area contributed by atoms with Gasteiger partial charge in [0.2, 0.25) is 5.91 Å². The van der Waals surface area contributed by atoms with Crippen LogP contribution in [0.25, 0.3) is 0 Å². The standard InChI is InChI=1S/C23H27N3O6S/c1-23(2,3)18-13-15(26-11-10-19(27)25-22(26)29)12-17(20(18)32-4)21(28)24-14-6-8-16(9-7-14)33(5,30)31/h6-9,12-13H,10-11H2,1-5H3,(H,24,28)(H,25,27,29). The second-order valence-electron chi connectivity index (χ2n) is 8.83. The van der Waals surface area contributed by atoms with Gasteiger partial charge in [-0.3, -0.25) is 19.8 Å². The summed E-state index contributed by atoms with van der Waals surface area (Å²) in [4.78, 5) is 38.8. The lowest BCUT2D eigenvalue weighted by atomic mass is 9.84. The maximum atomic E-state index is 13.2. The molecule has 0 atom stereocenters. The Morgan fingerprint density at radius 1 is 1.12 bits per heavy atom. The van der Waals surface area contributed by atoms with Crippen molar-refractivity contribution in [2.75, 3.05) is 30.1 Å². The number of carbonyl (C=O) groups is 3. The lowest BCUT2D eigenvalue weighted by Gasteiger charge is -2.30. The van der Waals surface area contributed by atoms with E-state index in [2.05, 4.69) is 10.6 Å². The van der Waals surface area contributed by atoms with Crippen LogP contribution in [0.1, 0.15) is 43.1 Å². The quantitative estimate of drug-likeness (QED) is 0.688. The van der Waals surface area contributed by atoms with Gasteiger partial charge in [0.25, 0.3) is 5.91 Å². The van der Waals surface area contributed by atoms with Crippen LogP contribution in [0.4, 0.5) is 16.2 Å². The minimum absolute atomic E-state index is 0.140. The molecule has 0 saturated carbocycles. The first-order chi connectivity index (χ1) is 15.3. The molecule has 2 N–H and O–H groups in total. The second kappa shape index (κ2) is 8.86. The van der Waals surface area contributed by atoms with Crippen LogP contribution in [-0.2, 0) is 20.0 Å². The van der Waals surface area contributed by atoms with Crippen LogP contribution < -0.4 is 20.3 Å². The Balaban J connectivity index is 2.04. The highest BCUT2D eigenvalue weighted by Gasteiger charge is 2.30. The number of nitrogens with one attached hydrogen (secondary N) is 2. The first kappa shape index (κ1) is 24.2. The second-order valence-corrected chi connectivity index (χ2v) is 10.8. The van der Waals surface area contributed by atoms with E-state index in [4.69, 9.17) is 4.74 Å². The molecule has 33 heavy (non-hydrogen) atoms. The first-order valence-corrected chi connectivity index (χ1v) is 12.2. The fraction of sp³-hybridized carbons (Fsp3) is 0.348. The van der Waals surface area contributed by atoms with E-state index in [9.17, 15) is 22.8 Å². The van der Waals surface area contributed by atoms with Crippen LogP contribution in [0, 0.1) is 0 Å². The van der Waals surface area contributed by atoms with Gasteiger partial charge in [-0.05, 0) is 41.8 Å². The Bertz CT molecular complexity index is 1210. The highest BCUT2D eigenvalue weighted by Crippen LogP contribution is 2.38. The van der Waals surface area contributed by atoms with Gasteiger partial charge in [0.15, 0.2) is 9.84 Å². The molecule has 0 bridgehead atoms. The van der Waals surface area contributed by atoms with Crippen molar-refractivity contribution >= 4 is 39.1 Å². The molecule has 10 heteroatoms. The normalized spacial score (nSPS) is 14.6. The van der Waals surface area contributed by atoms with Gasteiger partial charge in [0.05, 0.1) is 17.6 Å². The molecule has 0 unspecified atom stereocenters. The van der Waals surface area contributed by atoms with Crippen LogP contribution in [0.2, 0.25) is 0 Å². The van der Waals surface area contributed by atoms with Crippen LogP contribution in [0.15, 0.2) is 41.3 Å². The van der Waals surface area contributed by atoms with E-state index in [0.717, 1.165) is 6.26 Å². The minimum Gasteiger partial charge on any atom is -0.496 e. The number of ether oxygens (including phenoxy) is 1. The SMILES string of the molecule is COc1c(C(=O)Nc2ccc(S(C)(=O)=O)cc2)cc(N2CCC(=O)NC2=O)cc1C(C)(C)C. The molecule has 1 heterocycles. The highest BCUT2D eigenvalue weighted by atomic mass is 32.2. The van der Waals surface area contributed by atoms with Crippen molar-refractivity contribution in [1.82, 2.24) is 5.32 Å². The van der Waals surface area contributed by atoms with Crippen molar-refractivity contribution in [2.24, 2.45) is 0 Å². The summed E-state index contributed by atoms with van der Waals surface area (Å²) in [5.74, 6) is -0.471. The summed E-state index contributed by atoms with van der Waals surface area (Å²) >= 11 is 0. The van der Waals surface area contributed by atoms with E-state index in [1.807, 2.05) is 20.8 Å². The Labute approximate surface area is 193 Å². The molecule has 1 aliphatic heterocycles. The van der Waals surface area contributed by atoms with E-state index in [0.29, 0.717) is 22.7 Å². The summed E-state index contributed by atoms with van der Waals surface area (Å²) in [7, 11) is -1.89. The van der Waals surface area contributed by atoms with Gasteiger partial charge in [-0.25, -0.2) is 13.2 Å². The summed E-state index contributed by atoms with van der Waals surface area (Å²) in [5, 5.41) is 5.04. The average Bonchev–Trinajstić information content (AvgIpc) is 2.72. The summed E-state index contributed by atoms with van der Waals surface area (Å²) in [6.07, 6.45) is 1.26. The molecule has 2 aromatic carbocycles. The van der Waals surface area contributed by atoms with E-state index >= 15 is 0 Å². The molecule has 0 aliphatic carbocycles. The summed E-state index contributed by atoms with van der Waals surface area (Å²) in [6, 6.07) is 8.59. The van der Waals surface area contributed by atoms with E-state index < -0.39 is 27.2 Å². The van der Waals surface area contributed by atoms with Gasteiger partial charge in [-0.1, -0.05) is 20.8 Å². The number of hydrogen-bond acceptors (Lipinski definition) is 6. The fourth-order valence-corrected chi connectivity index (χ4v) is 4.14. The maximum absolute atomic E-state index is 13.2. The van der Waals surface area contributed by atoms with Crippen LogP contribution >= 0.6 is 0 Å². The predicted molar refractivity (Wildman–Crippen MR) is 125 cm³/mol. The zero-order valence-electron chi connectivity index (χ0n) is 19.2. The third-order valence-electron chi connectivity index (χ3n) is 5.24. The molecule has 9 nitrogen and oxygen atoms in total. The summed E-state index contributed by atoms with van der Waals surface area (Å²) in [6.45, 7) is 6.06. The van der Waals surface area contributed by atoms with Crippen molar-refractivity contribution in [3.05, 3.63) is 47.5 Å². The lowest BCUT2D eigenvalue weighted by molar-refractivity contribution is -0.120. The number of amides is 4. The Kier molecular flexibility index (Phi) is 6.51. The number of imide groups is 1. The molecule has 0 radical (unpaired) electrons. The average molecular weight is 474 g/mol. The zero-order chi connectivity index (χ0) is 24.6. The van der Waals surface area contributed by atoms with Gasteiger partial charge < -0.3 is 10.1 Å². The zero-order valence-corrected chi connectivity index (χ0v) is 20.0. The largest absolute Gasteiger partial charge is 0.496 e. The smallest absolute Gasteiger partial charge is 0.328 e. The van der Waals surface area contributed by atoms with E-state index in [-0.39, 0.29) is 29.3 Å². The lowest BCUT2D eigenvalue weighted by Crippen LogP contribution is -2.49. The van der Waals surface area contributed by atoms with Crippen molar-refractivity contribution < 1.29 is 27.5 Å². The Morgan fingerprint density at radius 3 is 2.27 bits per heavy atom. The highest BCUT2D eigenvalue weighted by molar-refractivity contribution is 7.90. The maximum Gasteiger partial charge on any atom is 0.328 e. The van der Waals surface area contributed by atoms with Crippen LogP contribution in [0.3, 0.4) is 0 Å². The van der Waals surface area contributed by atoms with Crippen LogP contribution in [-0.4, -0.2) is 46.2 Å². The minimum atomic E-state index is -3.36. The van der Waals surface area contributed by atoms with Crippen molar-refractivity contribution in [2.45, 2.75) is 37.5 Å².